The van der Waals surface area contributed by atoms with E-state index in [1.165, 1.54) is 0 Å². The fourth-order valence-electron chi connectivity index (χ4n) is 4.63. The average molecular weight is 423 g/mol. The van der Waals surface area contributed by atoms with Crippen molar-refractivity contribution < 1.29 is 10.2 Å². The quantitative estimate of drug-likeness (QED) is 0.405. The van der Waals surface area contributed by atoms with Crippen LogP contribution in [0, 0.1) is 0 Å². The number of benzene rings is 4. The van der Waals surface area contributed by atoms with Crippen molar-refractivity contribution in [2.75, 3.05) is 0 Å². The van der Waals surface area contributed by atoms with Crippen molar-refractivity contribution in [1.29, 1.82) is 0 Å². The highest BCUT2D eigenvalue weighted by molar-refractivity contribution is 5.53. The van der Waals surface area contributed by atoms with Crippen LogP contribution in [0.4, 0.5) is 0 Å². The van der Waals surface area contributed by atoms with Crippen LogP contribution < -0.4 is 0 Å². The second-order valence-corrected chi connectivity index (χ2v) is 9.31. The third-order valence-electron chi connectivity index (χ3n) is 6.22. The summed E-state index contributed by atoms with van der Waals surface area (Å²) < 4.78 is 0. The van der Waals surface area contributed by atoms with Gasteiger partial charge in [-0.15, -0.1) is 0 Å². The molecule has 0 bridgehead atoms. The minimum atomic E-state index is -1.75. The summed E-state index contributed by atoms with van der Waals surface area (Å²) in [5, 5.41) is 25.6. The molecule has 4 aromatic rings. The van der Waals surface area contributed by atoms with E-state index in [-0.39, 0.29) is 5.41 Å². The summed E-state index contributed by atoms with van der Waals surface area (Å²) >= 11 is 0. The van der Waals surface area contributed by atoms with E-state index in [2.05, 4.69) is 20.8 Å². The van der Waals surface area contributed by atoms with Crippen molar-refractivity contribution in [3.05, 3.63) is 143 Å². The predicted octanol–water partition coefficient (Wildman–Crippen LogP) is 6.16. The fraction of sp³-hybridized carbons (Fsp3) is 0.200. The Morgan fingerprint density at radius 1 is 0.406 bits per heavy atom. The molecule has 0 saturated carbocycles. The van der Waals surface area contributed by atoms with E-state index in [0.29, 0.717) is 22.3 Å². The largest absolute Gasteiger partial charge is 0.377 e. The minimum absolute atomic E-state index is 0.242. The Morgan fingerprint density at radius 2 is 0.719 bits per heavy atom. The zero-order valence-electron chi connectivity index (χ0n) is 18.9. The van der Waals surface area contributed by atoms with Crippen LogP contribution in [-0.2, 0) is 16.6 Å². The van der Waals surface area contributed by atoms with Gasteiger partial charge in [0.1, 0.15) is 0 Å². The van der Waals surface area contributed by atoms with E-state index in [4.69, 9.17) is 0 Å². The maximum atomic E-state index is 12.9. The smallest absolute Gasteiger partial charge is 0.152 e. The Hall–Kier alpha value is -3.20. The summed E-state index contributed by atoms with van der Waals surface area (Å²) in [4.78, 5) is 0. The number of aliphatic hydroxyl groups is 2. The molecule has 2 heteroatoms. The Kier molecular flexibility index (Phi) is 5.77. The van der Waals surface area contributed by atoms with Crippen LogP contribution in [0.25, 0.3) is 0 Å². The average Bonchev–Trinajstić information content (AvgIpc) is 2.84. The van der Waals surface area contributed by atoms with Crippen LogP contribution in [0.15, 0.2) is 115 Å². The van der Waals surface area contributed by atoms with Crippen molar-refractivity contribution in [3.8, 4) is 0 Å². The SMILES string of the molecule is CC(C)(C)c1ccccc1C(O)(c1ccccc1)C(O)(c1ccccc1)c1ccccc1. The first-order valence-electron chi connectivity index (χ1n) is 11.0. The molecule has 4 aromatic carbocycles. The van der Waals surface area contributed by atoms with E-state index in [0.717, 1.165) is 5.56 Å². The molecular formula is C30H30O2. The summed E-state index contributed by atoms with van der Waals surface area (Å²) in [6.45, 7) is 6.38. The monoisotopic (exact) mass is 422 g/mol. The second kappa shape index (κ2) is 8.38. The van der Waals surface area contributed by atoms with Crippen LogP contribution in [0.1, 0.15) is 48.6 Å². The molecule has 1 atom stereocenters. The first kappa shape index (κ1) is 22.0. The molecule has 0 spiro atoms. The van der Waals surface area contributed by atoms with Gasteiger partial charge in [-0.05, 0) is 33.2 Å². The second-order valence-electron chi connectivity index (χ2n) is 9.31. The van der Waals surface area contributed by atoms with Gasteiger partial charge < -0.3 is 10.2 Å². The molecular weight excluding hydrogens is 392 g/mol. The van der Waals surface area contributed by atoms with E-state index < -0.39 is 11.2 Å². The zero-order valence-corrected chi connectivity index (χ0v) is 18.9. The lowest BCUT2D eigenvalue weighted by atomic mass is 9.63. The molecule has 0 amide bonds. The van der Waals surface area contributed by atoms with Crippen molar-refractivity contribution in [2.45, 2.75) is 37.4 Å². The molecule has 2 N–H and O–H groups in total. The predicted molar refractivity (Wildman–Crippen MR) is 130 cm³/mol. The first-order valence-corrected chi connectivity index (χ1v) is 11.0. The van der Waals surface area contributed by atoms with Crippen LogP contribution in [-0.4, -0.2) is 10.2 Å². The molecule has 32 heavy (non-hydrogen) atoms. The highest BCUT2D eigenvalue weighted by atomic mass is 16.4. The van der Waals surface area contributed by atoms with Gasteiger partial charge in [0, 0.05) is 0 Å². The Labute approximate surface area is 190 Å². The number of rotatable bonds is 5. The van der Waals surface area contributed by atoms with Crippen molar-refractivity contribution in [1.82, 2.24) is 0 Å². The fourth-order valence-corrected chi connectivity index (χ4v) is 4.63. The number of hydrogen-bond donors (Lipinski definition) is 2. The number of hydrogen-bond acceptors (Lipinski definition) is 2. The van der Waals surface area contributed by atoms with E-state index in [1.807, 2.05) is 115 Å². The van der Waals surface area contributed by atoms with Crippen LogP contribution in [0.3, 0.4) is 0 Å². The summed E-state index contributed by atoms with van der Waals surface area (Å²) in [6, 6.07) is 36.3. The van der Waals surface area contributed by atoms with Crippen molar-refractivity contribution in [3.63, 3.8) is 0 Å². The molecule has 0 aliphatic rings. The first-order chi connectivity index (χ1) is 15.3. The molecule has 0 heterocycles. The van der Waals surface area contributed by atoms with Gasteiger partial charge in [-0.3, -0.25) is 0 Å². The van der Waals surface area contributed by atoms with Crippen LogP contribution in [0.2, 0.25) is 0 Å². The van der Waals surface area contributed by atoms with Gasteiger partial charge in [0.15, 0.2) is 11.2 Å². The summed E-state index contributed by atoms with van der Waals surface area (Å²) in [5.41, 5.74) is -0.174. The molecule has 162 valence electrons. The lowest BCUT2D eigenvalue weighted by Crippen LogP contribution is -2.52. The molecule has 2 nitrogen and oxygen atoms in total. The normalized spacial score (nSPS) is 14.0. The third kappa shape index (κ3) is 3.56. The highest BCUT2D eigenvalue weighted by Gasteiger charge is 2.55. The van der Waals surface area contributed by atoms with Gasteiger partial charge in [-0.25, -0.2) is 0 Å². The Balaban J connectivity index is 2.16. The topological polar surface area (TPSA) is 40.5 Å². The van der Waals surface area contributed by atoms with Crippen LogP contribution >= 0.6 is 0 Å². The van der Waals surface area contributed by atoms with Gasteiger partial charge in [-0.2, -0.15) is 0 Å². The summed E-state index contributed by atoms with van der Waals surface area (Å²) in [6.07, 6.45) is 0. The molecule has 0 aliphatic carbocycles. The van der Waals surface area contributed by atoms with Gasteiger partial charge in [0.05, 0.1) is 0 Å². The van der Waals surface area contributed by atoms with Crippen molar-refractivity contribution >= 4 is 0 Å². The van der Waals surface area contributed by atoms with E-state index in [9.17, 15) is 10.2 Å². The van der Waals surface area contributed by atoms with Gasteiger partial charge >= 0.3 is 0 Å². The van der Waals surface area contributed by atoms with E-state index in [1.54, 1.807) is 0 Å². The summed E-state index contributed by atoms with van der Waals surface area (Å²) in [5.74, 6) is 0. The van der Waals surface area contributed by atoms with Gasteiger partial charge in [0.25, 0.3) is 0 Å². The summed E-state index contributed by atoms with van der Waals surface area (Å²) in [7, 11) is 0. The third-order valence-corrected chi connectivity index (χ3v) is 6.22. The van der Waals surface area contributed by atoms with Gasteiger partial charge in [0.2, 0.25) is 0 Å². The maximum Gasteiger partial charge on any atom is 0.152 e. The Bertz CT molecular complexity index is 1120. The highest BCUT2D eigenvalue weighted by Crippen LogP contribution is 2.51. The molecule has 0 radical (unpaired) electrons. The molecule has 1 unspecified atom stereocenters. The molecule has 0 aromatic heterocycles. The standard InChI is InChI=1S/C30H30O2/c1-28(2,3)26-21-13-14-22-27(26)30(32,25-19-11-6-12-20-25)29(31,23-15-7-4-8-16-23)24-17-9-5-10-18-24/h4-22,31-32H,1-3H3. The molecule has 0 fully saturated rings. The molecule has 0 aliphatic heterocycles. The van der Waals surface area contributed by atoms with Crippen LogP contribution in [0.5, 0.6) is 0 Å². The Morgan fingerprint density at radius 3 is 1.09 bits per heavy atom. The lowest BCUT2D eigenvalue weighted by molar-refractivity contribution is -0.113. The van der Waals surface area contributed by atoms with E-state index >= 15 is 0 Å². The zero-order chi connectivity index (χ0) is 22.8. The van der Waals surface area contributed by atoms with Gasteiger partial charge in [-0.1, -0.05) is 136 Å². The lowest BCUT2D eigenvalue weighted by Gasteiger charge is -2.47. The van der Waals surface area contributed by atoms with Crippen molar-refractivity contribution in [2.24, 2.45) is 0 Å². The molecule has 0 saturated heterocycles. The minimum Gasteiger partial charge on any atom is -0.377 e. The maximum absolute atomic E-state index is 12.9. The molecule has 4 rings (SSSR count).